The molecule has 25 heavy (non-hydrogen) atoms. The molecule has 1 unspecified atom stereocenters. The maximum atomic E-state index is 14.3. The summed E-state index contributed by atoms with van der Waals surface area (Å²) in [5.41, 5.74) is 0.0942. The molecular formula is C17H15F2N3O2S. The van der Waals surface area contributed by atoms with Crippen LogP contribution in [0, 0.1) is 11.6 Å². The quantitative estimate of drug-likeness (QED) is 0.758. The minimum absolute atomic E-state index is 0.0942. The first-order valence-electron chi connectivity index (χ1n) is 7.38. The van der Waals surface area contributed by atoms with Gasteiger partial charge in [-0.3, -0.25) is 0 Å². The average Bonchev–Trinajstić information content (AvgIpc) is 2.99. The first-order valence-corrected chi connectivity index (χ1v) is 8.87. The van der Waals surface area contributed by atoms with Gasteiger partial charge in [0.1, 0.15) is 28.4 Å². The maximum Gasteiger partial charge on any atom is 0.244 e. The maximum absolute atomic E-state index is 14.3. The Hall–Kier alpha value is -2.58. The van der Waals surface area contributed by atoms with Crippen molar-refractivity contribution in [2.24, 2.45) is 7.05 Å². The predicted octanol–water partition coefficient (Wildman–Crippen LogP) is 2.77. The number of nitrogens with zero attached hydrogens (tertiary/aromatic N) is 2. The fraction of sp³-hybridized carbons (Fsp3) is 0.118. The molecule has 130 valence electrons. The van der Waals surface area contributed by atoms with Crippen LogP contribution in [0.25, 0.3) is 0 Å². The molecule has 5 nitrogen and oxygen atoms in total. The number of benzene rings is 2. The van der Waals surface area contributed by atoms with Crippen molar-refractivity contribution in [3.63, 3.8) is 0 Å². The molecule has 0 saturated carbocycles. The first kappa shape index (κ1) is 17.2. The summed E-state index contributed by atoms with van der Waals surface area (Å²) >= 11 is 0. The lowest BCUT2D eigenvalue weighted by atomic mass is 10.1. The van der Waals surface area contributed by atoms with Crippen LogP contribution in [0.15, 0.2) is 65.8 Å². The van der Waals surface area contributed by atoms with E-state index < -0.39 is 32.6 Å². The van der Waals surface area contributed by atoms with Gasteiger partial charge in [0.15, 0.2) is 0 Å². The van der Waals surface area contributed by atoms with E-state index in [0.29, 0.717) is 0 Å². The second kappa shape index (κ2) is 6.73. The molecule has 3 aromatic rings. The molecule has 0 radical (unpaired) electrons. The van der Waals surface area contributed by atoms with Crippen LogP contribution < -0.4 is 4.72 Å². The lowest BCUT2D eigenvalue weighted by Gasteiger charge is -2.20. The average molecular weight is 363 g/mol. The van der Waals surface area contributed by atoms with Crippen molar-refractivity contribution < 1.29 is 17.2 Å². The van der Waals surface area contributed by atoms with Gasteiger partial charge in [0.05, 0.1) is 0 Å². The molecule has 3 rings (SSSR count). The van der Waals surface area contributed by atoms with Crippen LogP contribution >= 0.6 is 0 Å². The van der Waals surface area contributed by atoms with Gasteiger partial charge in [0, 0.05) is 25.0 Å². The fourth-order valence-corrected chi connectivity index (χ4v) is 3.75. The van der Waals surface area contributed by atoms with Crippen LogP contribution in [0.5, 0.6) is 0 Å². The second-order valence-electron chi connectivity index (χ2n) is 5.40. The number of hydrogen-bond acceptors (Lipinski definition) is 3. The zero-order chi connectivity index (χ0) is 18.0. The summed E-state index contributed by atoms with van der Waals surface area (Å²) < 4.78 is 57.4. The number of nitrogens with one attached hydrogen (secondary N) is 1. The van der Waals surface area contributed by atoms with Crippen LogP contribution in [-0.4, -0.2) is 18.0 Å². The fourth-order valence-electron chi connectivity index (χ4n) is 2.50. The molecule has 1 atom stereocenters. The molecule has 1 aromatic heterocycles. The predicted molar refractivity (Wildman–Crippen MR) is 88.2 cm³/mol. The Kier molecular flexibility index (Phi) is 4.65. The molecule has 0 fully saturated rings. The summed E-state index contributed by atoms with van der Waals surface area (Å²) in [7, 11) is -2.58. The minimum Gasteiger partial charge on any atom is -0.336 e. The van der Waals surface area contributed by atoms with Crippen molar-refractivity contribution in [1.29, 1.82) is 0 Å². The Morgan fingerprint density at radius 3 is 2.28 bits per heavy atom. The van der Waals surface area contributed by atoms with Crippen molar-refractivity contribution in [1.82, 2.24) is 14.3 Å². The Balaban J connectivity index is 2.09. The number of hydrogen-bond donors (Lipinski definition) is 1. The minimum atomic E-state index is -4.24. The number of halogens is 2. The van der Waals surface area contributed by atoms with Crippen molar-refractivity contribution in [3.05, 3.63) is 83.9 Å². The lowest BCUT2D eigenvalue weighted by Crippen LogP contribution is -2.32. The van der Waals surface area contributed by atoms with Gasteiger partial charge in [-0.25, -0.2) is 22.2 Å². The summed E-state index contributed by atoms with van der Waals surface area (Å²) in [5, 5.41) is 0. The molecule has 1 heterocycles. The van der Waals surface area contributed by atoms with Gasteiger partial charge in [0.2, 0.25) is 10.0 Å². The van der Waals surface area contributed by atoms with Crippen molar-refractivity contribution in [2.75, 3.05) is 0 Å². The van der Waals surface area contributed by atoms with E-state index in [-0.39, 0.29) is 11.4 Å². The van der Waals surface area contributed by atoms with E-state index in [1.165, 1.54) is 36.5 Å². The van der Waals surface area contributed by atoms with Gasteiger partial charge in [-0.05, 0) is 18.2 Å². The zero-order valence-corrected chi connectivity index (χ0v) is 14.0. The highest BCUT2D eigenvalue weighted by Gasteiger charge is 2.29. The smallest absolute Gasteiger partial charge is 0.244 e. The van der Waals surface area contributed by atoms with Crippen LogP contribution in [0.4, 0.5) is 8.78 Å². The van der Waals surface area contributed by atoms with E-state index in [1.807, 2.05) is 0 Å². The van der Waals surface area contributed by atoms with Crippen LogP contribution in [0.1, 0.15) is 17.4 Å². The third-order valence-electron chi connectivity index (χ3n) is 3.73. The Morgan fingerprint density at radius 1 is 1.04 bits per heavy atom. The van der Waals surface area contributed by atoms with Crippen LogP contribution in [-0.2, 0) is 17.1 Å². The number of aromatic nitrogens is 2. The number of imidazole rings is 1. The molecule has 0 aliphatic heterocycles. The molecule has 0 saturated heterocycles. The van der Waals surface area contributed by atoms with Gasteiger partial charge in [-0.15, -0.1) is 0 Å². The van der Waals surface area contributed by atoms with Crippen LogP contribution in [0.2, 0.25) is 0 Å². The zero-order valence-electron chi connectivity index (χ0n) is 13.2. The summed E-state index contributed by atoms with van der Waals surface area (Å²) in [6, 6.07) is 9.66. The number of sulfonamides is 1. The molecule has 8 heteroatoms. The Bertz CT molecular complexity index is 1000. The summed E-state index contributed by atoms with van der Waals surface area (Å²) in [4.78, 5) is 3.60. The van der Waals surface area contributed by atoms with Crippen molar-refractivity contribution in [3.8, 4) is 0 Å². The highest BCUT2D eigenvalue weighted by molar-refractivity contribution is 7.89. The van der Waals surface area contributed by atoms with Gasteiger partial charge in [-0.2, -0.15) is 4.72 Å². The second-order valence-corrected chi connectivity index (χ2v) is 7.08. The molecule has 2 aromatic carbocycles. The molecule has 0 amide bonds. The molecule has 1 N–H and O–H groups in total. The van der Waals surface area contributed by atoms with E-state index in [1.54, 1.807) is 23.9 Å². The first-order chi connectivity index (χ1) is 11.9. The molecule has 0 aliphatic rings. The van der Waals surface area contributed by atoms with E-state index in [0.717, 1.165) is 12.1 Å². The van der Waals surface area contributed by atoms with Gasteiger partial charge in [0.25, 0.3) is 0 Å². The standard InChI is InChI=1S/C17H15F2N3O2S/c1-22-11-10-20-17(22)16(12-6-2-3-7-13(12)18)21-25(23,24)15-9-5-4-8-14(15)19/h2-11,16,21H,1H3. The number of aryl methyl sites for hydroxylation is 1. The molecule has 0 bridgehead atoms. The largest absolute Gasteiger partial charge is 0.336 e. The topological polar surface area (TPSA) is 64.0 Å². The van der Waals surface area contributed by atoms with E-state index >= 15 is 0 Å². The summed E-state index contributed by atoms with van der Waals surface area (Å²) in [6.45, 7) is 0. The number of rotatable bonds is 5. The van der Waals surface area contributed by atoms with Gasteiger partial charge < -0.3 is 4.57 Å². The van der Waals surface area contributed by atoms with Gasteiger partial charge in [-0.1, -0.05) is 30.3 Å². The van der Waals surface area contributed by atoms with Crippen molar-refractivity contribution >= 4 is 10.0 Å². The van der Waals surface area contributed by atoms with E-state index in [9.17, 15) is 17.2 Å². The van der Waals surface area contributed by atoms with E-state index in [2.05, 4.69) is 9.71 Å². The Labute approximate surface area is 144 Å². The summed E-state index contributed by atoms with van der Waals surface area (Å²) in [5.74, 6) is -1.20. The SMILES string of the molecule is Cn1ccnc1C(NS(=O)(=O)c1ccccc1F)c1ccccc1F. The summed E-state index contributed by atoms with van der Waals surface area (Å²) in [6.07, 6.45) is 3.08. The highest BCUT2D eigenvalue weighted by Crippen LogP contribution is 2.26. The van der Waals surface area contributed by atoms with Gasteiger partial charge >= 0.3 is 0 Å². The molecular weight excluding hydrogens is 348 g/mol. The normalized spacial score (nSPS) is 12.9. The van der Waals surface area contributed by atoms with Crippen LogP contribution in [0.3, 0.4) is 0 Å². The lowest BCUT2D eigenvalue weighted by molar-refractivity contribution is 0.534. The molecule has 0 aliphatic carbocycles. The van der Waals surface area contributed by atoms with E-state index in [4.69, 9.17) is 0 Å². The van der Waals surface area contributed by atoms with Crippen molar-refractivity contribution in [2.45, 2.75) is 10.9 Å². The Morgan fingerprint density at radius 2 is 1.68 bits per heavy atom. The third kappa shape index (κ3) is 3.45. The third-order valence-corrected chi connectivity index (χ3v) is 5.19. The highest BCUT2D eigenvalue weighted by atomic mass is 32.2. The molecule has 0 spiro atoms. The monoisotopic (exact) mass is 363 g/mol.